The minimum absolute atomic E-state index is 0.0837. The Bertz CT molecular complexity index is 2350. The maximum Gasteiger partial charge on any atom is 0.283 e. The summed E-state index contributed by atoms with van der Waals surface area (Å²) >= 11 is 0. The summed E-state index contributed by atoms with van der Waals surface area (Å²) in [6, 6.07) is 12.1. The second-order valence-corrected chi connectivity index (χ2v) is 16.9. The number of alkyl halides is 2. The quantitative estimate of drug-likeness (QED) is 0.178. The molecule has 3 aromatic carbocycles. The molecule has 4 aromatic rings. The number of aromatic amines is 1. The Kier molecular flexibility index (Phi) is 9.36. The molecule has 3 N–H and O–H groups in total. The largest absolute Gasteiger partial charge is 0.489 e. The van der Waals surface area contributed by atoms with Gasteiger partial charge in [-0.1, -0.05) is 18.2 Å². The molecule has 3 saturated heterocycles. The summed E-state index contributed by atoms with van der Waals surface area (Å²) in [5.74, 6) is -5.14. The van der Waals surface area contributed by atoms with Gasteiger partial charge < -0.3 is 29.5 Å². The van der Waals surface area contributed by atoms with E-state index in [4.69, 9.17) is 4.74 Å². The normalized spacial score (nSPS) is 24.9. The standard InChI is InChI=1S/C43H45F4N7O5/c44-31-15-25(16-32(45)37(31)39-38-28(27-3-1-2-4-33(27)48-38)10-12-52(39)22-43(46,47)23-55)51-11-9-24(18-51)17-50-13-14-53-26(19-50)21-59-40-30-20-54(35-7-8-36(56)49-41(35)57)42(58)29(30)5-6-34(40)53/h1-6,15-16,24,26,35,39,48,55H,7-14,17-23H2,(H,49,56,57). The second kappa shape index (κ2) is 14.5. The highest BCUT2D eigenvalue weighted by Crippen LogP contribution is 2.45. The van der Waals surface area contributed by atoms with Crippen molar-refractivity contribution >= 4 is 40.0 Å². The molecular weight excluding hydrogens is 771 g/mol. The third-order valence-corrected chi connectivity index (χ3v) is 13.2. The number of aliphatic hydroxyl groups excluding tert-OH is 1. The number of piperazine rings is 1. The number of amides is 3. The number of carbonyl (C=O) groups excluding carboxylic acids is 3. The molecule has 6 aliphatic heterocycles. The molecule has 1 aromatic heterocycles. The number of rotatable bonds is 8. The van der Waals surface area contributed by atoms with Crippen LogP contribution in [0, 0.1) is 17.6 Å². The molecule has 6 aliphatic rings. The predicted molar refractivity (Wildman–Crippen MR) is 210 cm³/mol. The van der Waals surface area contributed by atoms with Crippen LogP contribution >= 0.6 is 0 Å². The van der Waals surface area contributed by atoms with Crippen LogP contribution in [0.4, 0.5) is 28.9 Å². The minimum Gasteiger partial charge on any atom is -0.489 e. The summed E-state index contributed by atoms with van der Waals surface area (Å²) in [4.78, 5) is 50.6. The molecule has 3 amide bonds. The van der Waals surface area contributed by atoms with Gasteiger partial charge in [-0.25, -0.2) is 17.6 Å². The van der Waals surface area contributed by atoms with Crippen molar-refractivity contribution in [2.75, 3.05) is 75.4 Å². The van der Waals surface area contributed by atoms with Gasteiger partial charge in [-0.05, 0) is 61.1 Å². The van der Waals surface area contributed by atoms with Crippen LogP contribution in [0.15, 0.2) is 48.5 Å². The summed E-state index contributed by atoms with van der Waals surface area (Å²) < 4.78 is 68.3. The molecule has 12 nitrogen and oxygen atoms in total. The van der Waals surface area contributed by atoms with Crippen LogP contribution in [0.5, 0.6) is 5.75 Å². The van der Waals surface area contributed by atoms with Crippen molar-refractivity contribution in [2.45, 2.75) is 56.3 Å². The Labute approximate surface area is 337 Å². The summed E-state index contributed by atoms with van der Waals surface area (Å²) in [7, 11) is 0. The van der Waals surface area contributed by atoms with Gasteiger partial charge in [0, 0.05) is 91.2 Å². The fourth-order valence-corrected chi connectivity index (χ4v) is 10.4. The molecule has 0 bridgehead atoms. The lowest BCUT2D eigenvalue weighted by molar-refractivity contribution is -0.136. The zero-order valence-electron chi connectivity index (χ0n) is 32.4. The Morgan fingerprint density at radius 2 is 1.71 bits per heavy atom. The fraction of sp³-hybridized carbons (Fsp3) is 0.465. The molecule has 0 spiro atoms. The summed E-state index contributed by atoms with van der Waals surface area (Å²) in [6.07, 6.45) is 1.74. The number of fused-ring (bicyclic) bond motifs is 8. The molecule has 0 saturated carbocycles. The van der Waals surface area contributed by atoms with E-state index in [-0.39, 0.29) is 48.8 Å². The van der Waals surface area contributed by atoms with Crippen LogP contribution in [-0.2, 0) is 22.6 Å². The maximum atomic E-state index is 16.3. The van der Waals surface area contributed by atoms with E-state index in [2.05, 4.69) is 20.1 Å². The summed E-state index contributed by atoms with van der Waals surface area (Å²) in [6.45, 7) is 2.94. The number of nitrogens with one attached hydrogen (secondary N) is 2. The van der Waals surface area contributed by atoms with Gasteiger partial charge in [-0.2, -0.15) is 0 Å². The number of ether oxygens (including phenoxy) is 1. The van der Waals surface area contributed by atoms with E-state index >= 15 is 8.78 Å². The highest BCUT2D eigenvalue weighted by atomic mass is 19.3. The number of carbonyl (C=O) groups is 3. The lowest BCUT2D eigenvalue weighted by Crippen LogP contribution is -2.58. The Morgan fingerprint density at radius 3 is 2.51 bits per heavy atom. The van der Waals surface area contributed by atoms with Crippen molar-refractivity contribution in [1.29, 1.82) is 0 Å². The zero-order chi connectivity index (χ0) is 40.7. The molecule has 59 heavy (non-hydrogen) atoms. The molecule has 4 unspecified atom stereocenters. The third kappa shape index (κ3) is 6.59. The van der Waals surface area contributed by atoms with Crippen molar-refractivity contribution in [3.05, 3.63) is 88.1 Å². The van der Waals surface area contributed by atoms with Gasteiger partial charge in [-0.15, -0.1) is 0 Å². The van der Waals surface area contributed by atoms with Gasteiger partial charge in [0.1, 0.15) is 36.6 Å². The first kappa shape index (κ1) is 38.0. The monoisotopic (exact) mass is 815 g/mol. The molecule has 310 valence electrons. The number of benzene rings is 3. The van der Waals surface area contributed by atoms with Crippen LogP contribution < -0.4 is 19.9 Å². The molecule has 7 heterocycles. The van der Waals surface area contributed by atoms with Crippen LogP contribution in [0.2, 0.25) is 0 Å². The number of H-pyrrole nitrogens is 1. The number of imide groups is 1. The molecule has 16 heteroatoms. The molecule has 0 radical (unpaired) electrons. The van der Waals surface area contributed by atoms with Gasteiger partial charge >= 0.3 is 0 Å². The molecule has 4 atom stereocenters. The van der Waals surface area contributed by atoms with Crippen LogP contribution in [0.25, 0.3) is 10.9 Å². The lowest BCUT2D eigenvalue weighted by atomic mass is 9.91. The number of nitrogens with zero attached hydrogens (tertiary/aromatic N) is 5. The van der Waals surface area contributed by atoms with Gasteiger partial charge in [0.05, 0.1) is 30.9 Å². The zero-order valence-corrected chi connectivity index (χ0v) is 32.4. The van der Waals surface area contributed by atoms with Crippen LogP contribution in [0.1, 0.15) is 58.0 Å². The van der Waals surface area contributed by atoms with E-state index in [0.29, 0.717) is 55.2 Å². The highest BCUT2D eigenvalue weighted by molar-refractivity contribution is 6.06. The van der Waals surface area contributed by atoms with Crippen LogP contribution in [-0.4, -0.2) is 126 Å². The van der Waals surface area contributed by atoms with Crippen molar-refractivity contribution in [3.8, 4) is 5.75 Å². The topological polar surface area (TPSA) is 125 Å². The minimum atomic E-state index is -3.45. The SMILES string of the molecule is O=C1CCC(N2Cc3c(ccc4c3OCC3CN(CC5CCN(c6cc(F)c(C7c8[nH]c9ccccc9c8CCN7CC(F)(F)CO)c(F)c6)C5)CCN43)C2=O)C(=O)N1. The van der Waals surface area contributed by atoms with Crippen molar-refractivity contribution in [1.82, 2.24) is 25.0 Å². The van der Waals surface area contributed by atoms with Crippen molar-refractivity contribution < 1.29 is 41.8 Å². The van der Waals surface area contributed by atoms with E-state index in [1.165, 1.54) is 21.9 Å². The summed E-state index contributed by atoms with van der Waals surface area (Å²) in [5, 5.41) is 12.6. The smallest absolute Gasteiger partial charge is 0.283 e. The Balaban J connectivity index is 0.812. The average Bonchev–Trinajstić information content (AvgIpc) is 3.93. The van der Waals surface area contributed by atoms with Crippen molar-refractivity contribution in [3.63, 3.8) is 0 Å². The van der Waals surface area contributed by atoms with Gasteiger partial charge in [0.15, 0.2) is 0 Å². The predicted octanol–water partition coefficient (Wildman–Crippen LogP) is 4.19. The van der Waals surface area contributed by atoms with E-state index in [9.17, 15) is 28.3 Å². The Hall–Kier alpha value is -5.19. The molecular formula is C43H45F4N7O5. The summed E-state index contributed by atoms with van der Waals surface area (Å²) in [5.41, 5.74) is 4.44. The highest BCUT2D eigenvalue weighted by Gasteiger charge is 2.44. The first-order valence-corrected chi connectivity index (χ1v) is 20.4. The van der Waals surface area contributed by atoms with E-state index in [1.807, 2.05) is 41.3 Å². The number of para-hydroxylation sites is 1. The van der Waals surface area contributed by atoms with Gasteiger partial charge in [-0.3, -0.25) is 29.5 Å². The molecule has 3 fully saturated rings. The average molecular weight is 816 g/mol. The number of aliphatic hydroxyl groups is 1. The maximum absolute atomic E-state index is 16.3. The van der Waals surface area contributed by atoms with E-state index < -0.39 is 48.7 Å². The van der Waals surface area contributed by atoms with Gasteiger partial charge in [0.2, 0.25) is 11.8 Å². The molecule has 0 aliphatic carbocycles. The first-order chi connectivity index (χ1) is 28.5. The van der Waals surface area contributed by atoms with Crippen LogP contribution in [0.3, 0.4) is 0 Å². The van der Waals surface area contributed by atoms with Crippen molar-refractivity contribution in [2.24, 2.45) is 5.92 Å². The lowest BCUT2D eigenvalue weighted by Gasteiger charge is -2.46. The second-order valence-electron chi connectivity index (χ2n) is 16.9. The van der Waals surface area contributed by atoms with E-state index in [1.54, 1.807) is 0 Å². The number of hydrogen-bond acceptors (Lipinski definition) is 9. The fourth-order valence-electron chi connectivity index (χ4n) is 10.4. The van der Waals surface area contributed by atoms with Gasteiger partial charge in [0.25, 0.3) is 11.8 Å². The number of halogens is 4. The van der Waals surface area contributed by atoms with E-state index in [0.717, 1.165) is 60.3 Å². The number of anilines is 2. The molecule has 10 rings (SSSR count). The Morgan fingerprint density at radius 1 is 0.898 bits per heavy atom. The number of hydrogen-bond donors (Lipinski definition) is 3. The number of aromatic nitrogens is 1. The third-order valence-electron chi connectivity index (χ3n) is 13.2. The first-order valence-electron chi connectivity index (χ1n) is 20.4. The number of piperidine rings is 1.